The Morgan fingerprint density at radius 3 is 2.69 bits per heavy atom. The van der Waals surface area contributed by atoms with Crippen LogP contribution in [-0.4, -0.2) is 25.8 Å². The predicted octanol–water partition coefficient (Wildman–Crippen LogP) is 3.77. The van der Waals surface area contributed by atoms with Gasteiger partial charge in [0.2, 0.25) is 0 Å². The van der Waals surface area contributed by atoms with E-state index >= 15 is 0 Å². The summed E-state index contributed by atoms with van der Waals surface area (Å²) in [5, 5.41) is 10.3. The van der Waals surface area contributed by atoms with Gasteiger partial charge in [-0.25, -0.2) is 4.99 Å². The quantitative estimate of drug-likeness (QED) is 0.802. The topological polar surface area (TPSA) is 101 Å². The van der Waals surface area contributed by atoms with Gasteiger partial charge in [0.05, 0.1) is 37.5 Å². The molecule has 0 amide bonds. The van der Waals surface area contributed by atoms with Crippen LogP contribution >= 0.6 is 0 Å². The molecule has 0 saturated carbocycles. The molecule has 0 bridgehead atoms. The lowest BCUT2D eigenvalue weighted by atomic mass is 9.75. The second kappa shape index (κ2) is 7.57. The number of hydrogen-bond acceptors (Lipinski definition) is 7. The van der Waals surface area contributed by atoms with Crippen molar-refractivity contribution in [2.24, 2.45) is 10.7 Å². The Bertz CT molecular complexity index is 1280. The van der Waals surface area contributed by atoms with Crippen molar-refractivity contribution < 1.29 is 14.3 Å². The molecule has 1 aliphatic carbocycles. The number of hydrogen-bond donors (Lipinski definition) is 1. The highest BCUT2D eigenvalue weighted by Crippen LogP contribution is 2.52. The first-order valence-electron chi connectivity index (χ1n) is 10.5. The lowest BCUT2D eigenvalue weighted by molar-refractivity contribution is -0.116. The number of para-hydroxylation sites is 2. The predicted molar refractivity (Wildman–Crippen MR) is 120 cm³/mol. The first kappa shape index (κ1) is 19.9. The van der Waals surface area contributed by atoms with E-state index in [1.54, 1.807) is 20.3 Å². The molecular formula is C25H22N4O3. The summed E-state index contributed by atoms with van der Waals surface area (Å²) in [6, 6.07) is 15.5. The van der Waals surface area contributed by atoms with Crippen LogP contribution in [-0.2, 0) is 4.79 Å². The van der Waals surface area contributed by atoms with Crippen LogP contribution in [0.15, 0.2) is 70.1 Å². The van der Waals surface area contributed by atoms with Gasteiger partial charge in [0.25, 0.3) is 0 Å². The molecule has 7 heteroatoms. The van der Waals surface area contributed by atoms with Gasteiger partial charge in [-0.15, -0.1) is 0 Å². The molecule has 2 aromatic carbocycles. The second-order valence-electron chi connectivity index (χ2n) is 7.85. The third kappa shape index (κ3) is 2.73. The summed E-state index contributed by atoms with van der Waals surface area (Å²) in [6.45, 7) is 0. The fourth-order valence-corrected chi connectivity index (χ4v) is 4.92. The van der Waals surface area contributed by atoms with Crippen molar-refractivity contribution in [1.29, 1.82) is 5.26 Å². The number of fused-ring (bicyclic) bond motifs is 4. The minimum atomic E-state index is -0.610. The van der Waals surface area contributed by atoms with Crippen molar-refractivity contribution in [3.8, 4) is 17.6 Å². The van der Waals surface area contributed by atoms with Crippen molar-refractivity contribution in [2.75, 3.05) is 19.1 Å². The number of nitrogens with zero attached hydrogens (tertiary/aromatic N) is 3. The Morgan fingerprint density at radius 2 is 1.94 bits per heavy atom. The van der Waals surface area contributed by atoms with Crippen LogP contribution < -0.4 is 20.1 Å². The normalized spacial score (nSPS) is 19.5. The number of Topliss-reactive ketones (excluding diaryl/α,β-unsaturated/α-hetero) is 1. The molecule has 0 saturated heterocycles. The fraction of sp³-hybridized carbons (Fsp3) is 0.240. The molecule has 1 atom stereocenters. The van der Waals surface area contributed by atoms with Gasteiger partial charge >= 0.3 is 0 Å². The zero-order valence-corrected chi connectivity index (χ0v) is 17.9. The number of ether oxygens (including phenoxy) is 2. The summed E-state index contributed by atoms with van der Waals surface area (Å²) in [5.74, 6) is 1.28. The van der Waals surface area contributed by atoms with Crippen molar-refractivity contribution in [3.63, 3.8) is 0 Å². The van der Waals surface area contributed by atoms with Crippen molar-refractivity contribution in [2.45, 2.75) is 25.2 Å². The molecule has 0 aromatic heterocycles. The third-order valence-electron chi connectivity index (χ3n) is 6.24. The zero-order chi connectivity index (χ0) is 22.4. The Balaban J connectivity index is 1.85. The number of nitriles is 1. The van der Waals surface area contributed by atoms with Crippen molar-refractivity contribution in [1.82, 2.24) is 0 Å². The maximum Gasteiger partial charge on any atom is 0.164 e. The maximum atomic E-state index is 13.3. The first-order chi connectivity index (χ1) is 15.6. The molecule has 1 unspecified atom stereocenters. The number of carbonyl (C=O) groups excluding carboxylic acids is 1. The van der Waals surface area contributed by atoms with Crippen LogP contribution in [0.1, 0.15) is 36.3 Å². The number of carbonyl (C=O) groups is 1. The number of methoxy groups -OCH3 is 2. The maximum absolute atomic E-state index is 13.3. The van der Waals surface area contributed by atoms with Crippen molar-refractivity contribution in [3.05, 3.63) is 76.3 Å². The smallest absolute Gasteiger partial charge is 0.164 e. The molecule has 32 heavy (non-hydrogen) atoms. The van der Waals surface area contributed by atoms with E-state index in [2.05, 4.69) is 11.1 Å². The molecule has 2 N–H and O–H groups in total. The Labute approximate surface area is 186 Å². The van der Waals surface area contributed by atoms with Gasteiger partial charge in [0.15, 0.2) is 23.1 Å². The lowest BCUT2D eigenvalue weighted by Gasteiger charge is -2.42. The molecule has 160 valence electrons. The standard InChI is InChI=1S/C25H22N4O3/c1-31-20-12-5-8-15(23(20)32-2)21-16(13-26)25-28-24(27)14-7-3-4-9-17(14)29(25)18-10-6-11-19(30)22(18)21/h3-5,7-9,12,21H,6,10-11H2,1-2H3,(H2,27,28). The number of nitrogens with two attached hydrogens (primary N) is 1. The van der Waals surface area contributed by atoms with E-state index in [0.717, 1.165) is 23.4 Å². The third-order valence-corrected chi connectivity index (χ3v) is 6.24. The molecular weight excluding hydrogens is 404 g/mol. The van der Waals surface area contributed by atoms with Gasteiger partial charge in [-0.05, 0) is 31.0 Å². The Hall–Kier alpha value is -4.05. The Kier molecular flexibility index (Phi) is 4.71. The lowest BCUT2D eigenvalue weighted by Crippen LogP contribution is -2.39. The first-order valence-corrected chi connectivity index (χ1v) is 10.5. The van der Waals surface area contributed by atoms with E-state index in [1.807, 2.05) is 41.3 Å². The Morgan fingerprint density at radius 1 is 1.12 bits per heavy atom. The number of allylic oxidation sites excluding steroid dienone is 3. The molecule has 0 radical (unpaired) electrons. The molecule has 0 fully saturated rings. The summed E-state index contributed by atoms with van der Waals surface area (Å²) in [6.07, 6.45) is 1.89. The van der Waals surface area contributed by atoms with Crippen molar-refractivity contribution >= 4 is 17.3 Å². The summed E-state index contributed by atoms with van der Waals surface area (Å²) >= 11 is 0. The van der Waals surface area contributed by atoms with Crippen LogP contribution in [0.2, 0.25) is 0 Å². The number of benzene rings is 2. The monoisotopic (exact) mass is 426 g/mol. The average Bonchev–Trinajstić information content (AvgIpc) is 2.82. The van der Waals surface area contributed by atoms with E-state index in [4.69, 9.17) is 15.2 Å². The van der Waals surface area contributed by atoms with Crippen LogP contribution in [0.25, 0.3) is 0 Å². The van der Waals surface area contributed by atoms with E-state index in [-0.39, 0.29) is 5.78 Å². The van der Waals surface area contributed by atoms with E-state index in [0.29, 0.717) is 52.7 Å². The number of amidine groups is 1. The van der Waals surface area contributed by atoms with E-state index in [1.165, 1.54) is 0 Å². The van der Waals surface area contributed by atoms with Gasteiger partial charge in [0, 0.05) is 28.8 Å². The molecule has 7 nitrogen and oxygen atoms in total. The van der Waals surface area contributed by atoms with Crippen LogP contribution in [0.5, 0.6) is 11.5 Å². The molecule has 5 rings (SSSR count). The zero-order valence-electron chi connectivity index (χ0n) is 17.9. The highest BCUT2D eigenvalue weighted by Gasteiger charge is 2.44. The molecule has 3 aliphatic rings. The van der Waals surface area contributed by atoms with Crippen LogP contribution in [0, 0.1) is 11.3 Å². The van der Waals surface area contributed by atoms with E-state index < -0.39 is 5.92 Å². The number of ketones is 1. The molecule has 2 aliphatic heterocycles. The van der Waals surface area contributed by atoms with Gasteiger partial charge in [-0.3, -0.25) is 9.69 Å². The van der Waals surface area contributed by atoms with Gasteiger partial charge in [0.1, 0.15) is 5.84 Å². The highest BCUT2D eigenvalue weighted by molar-refractivity contribution is 6.08. The van der Waals surface area contributed by atoms with Gasteiger partial charge in [-0.2, -0.15) is 5.26 Å². The minimum absolute atomic E-state index is 0.0351. The summed E-state index contributed by atoms with van der Waals surface area (Å²) in [7, 11) is 3.12. The summed E-state index contributed by atoms with van der Waals surface area (Å²) in [4.78, 5) is 19.9. The van der Waals surface area contributed by atoms with E-state index in [9.17, 15) is 10.1 Å². The van der Waals surface area contributed by atoms with Crippen LogP contribution in [0.3, 0.4) is 0 Å². The summed E-state index contributed by atoms with van der Waals surface area (Å²) < 4.78 is 11.2. The number of aliphatic imine (C=N–C) groups is 1. The average molecular weight is 426 g/mol. The fourth-order valence-electron chi connectivity index (χ4n) is 4.92. The highest BCUT2D eigenvalue weighted by atomic mass is 16.5. The van der Waals surface area contributed by atoms with Crippen LogP contribution in [0.4, 0.5) is 5.69 Å². The summed E-state index contributed by atoms with van der Waals surface area (Å²) in [5.41, 5.74) is 10.5. The molecule has 0 spiro atoms. The van der Waals surface area contributed by atoms with Gasteiger partial charge in [-0.1, -0.05) is 24.3 Å². The second-order valence-corrected chi connectivity index (χ2v) is 7.85. The molecule has 2 heterocycles. The SMILES string of the molecule is COc1cccc(C2C(C#N)=C3N=C(N)c4ccccc4N3C3=C2C(=O)CCC3)c1OC. The molecule has 2 aromatic rings. The minimum Gasteiger partial charge on any atom is -0.493 e. The van der Waals surface area contributed by atoms with Gasteiger partial charge < -0.3 is 15.2 Å². The number of rotatable bonds is 3. The number of anilines is 1. The largest absolute Gasteiger partial charge is 0.493 e.